The van der Waals surface area contributed by atoms with Gasteiger partial charge in [0.15, 0.2) is 0 Å². The largest absolute Gasteiger partial charge is 0.394 e. The Balaban J connectivity index is 2.33. The Kier molecular flexibility index (Phi) is 6.74. The SMILES string of the molecule is CCNC(C)(CO)CCCN1CC(C)N(C)C(C)C1. The van der Waals surface area contributed by atoms with Crippen molar-refractivity contribution in [1.82, 2.24) is 15.1 Å². The Morgan fingerprint density at radius 2 is 1.84 bits per heavy atom. The molecule has 1 aliphatic rings. The molecule has 0 amide bonds. The van der Waals surface area contributed by atoms with Crippen LogP contribution in [0.2, 0.25) is 0 Å². The molecule has 1 heterocycles. The van der Waals surface area contributed by atoms with Crippen LogP contribution in [0, 0.1) is 0 Å². The maximum Gasteiger partial charge on any atom is 0.0610 e. The van der Waals surface area contributed by atoms with Crippen LogP contribution in [0.3, 0.4) is 0 Å². The first-order chi connectivity index (χ1) is 8.91. The molecule has 2 N–H and O–H groups in total. The lowest BCUT2D eigenvalue weighted by Gasteiger charge is -2.42. The second kappa shape index (κ2) is 7.58. The summed E-state index contributed by atoms with van der Waals surface area (Å²) in [5.74, 6) is 0. The topological polar surface area (TPSA) is 38.7 Å². The van der Waals surface area contributed by atoms with Crippen LogP contribution in [0.4, 0.5) is 0 Å². The molecule has 1 rings (SSSR count). The van der Waals surface area contributed by atoms with Crippen LogP contribution in [-0.4, -0.2) is 72.4 Å². The van der Waals surface area contributed by atoms with Crippen molar-refractivity contribution in [2.24, 2.45) is 0 Å². The molecule has 0 bridgehead atoms. The summed E-state index contributed by atoms with van der Waals surface area (Å²) in [6.45, 7) is 13.4. The van der Waals surface area contributed by atoms with E-state index >= 15 is 0 Å². The fraction of sp³-hybridized carbons (Fsp3) is 1.00. The smallest absolute Gasteiger partial charge is 0.0610 e. The van der Waals surface area contributed by atoms with E-state index in [2.05, 4.69) is 49.9 Å². The predicted octanol–water partition coefficient (Wildman–Crippen LogP) is 1.15. The first-order valence-electron chi connectivity index (χ1n) is 7.72. The van der Waals surface area contributed by atoms with E-state index in [1.165, 1.54) is 0 Å². The summed E-state index contributed by atoms with van der Waals surface area (Å²) in [6, 6.07) is 1.28. The highest BCUT2D eigenvalue weighted by atomic mass is 16.3. The maximum absolute atomic E-state index is 9.49. The lowest BCUT2D eigenvalue weighted by Crippen LogP contribution is -2.55. The van der Waals surface area contributed by atoms with Crippen LogP contribution < -0.4 is 5.32 Å². The van der Waals surface area contributed by atoms with E-state index < -0.39 is 0 Å². The van der Waals surface area contributed by atoms with E-state index in [0.717, 1.165) is 39.0 Å². The fourth-order valence-electron chi connectivity index (χ4n) is 3.04. The number of hydrogen-bond acceptors (Lipinski definition) is 4. The second-order valence-corrected chi connectivity index (χ2v) is 6.48. The molecule has 0 saturated carbocycles. The minimum atomic E-state index is -0.113. The number of aliphatic hydroxyl groups excluding tert-OH is 1. The zero-order valence-corrected chi connectivity index (χ0v) is 13.4. The molecule has 1 fully saturated rings. The van der Waals surface area contributed by atoms with Gasteiger partial charge in [0.25, 0.3) is 0 Å². The summed E-state index contributed by atoms with van der Waals surface area (Å²) in [5.41, 5.74) is -0.113. The molecule has 1 saturated heterocycles. The highest BCUT2D eigenvalue weighted by molar-refractivity contribution is 4.85. The first kappa shape index (κ1) is 16.9. The van der Waals surface area contributed by atoms with Gasteiger partial charge in [0, 0.05) is 30.7 Å². The lowest BCUT2D eigenvalue weighted by atomic mass is 9.96. The van der Waals surface area contributed by atoms with Gasteiger partial charge in [0.2, 0.25) is 0 Å². The molecule has 0 aromatic carbocycles. The van der Waals surface area contributed by atoms with Gasteiger partial charge >= 0.3 is 0 Å². The number of hydrogen-bond donors (Lipinski definition) is 2. The van der Waals surface area contributed by atoms with Crippen molar-refractivity contribution in [2.75, 3.05) is 39.8 Å². The summed E-state index contributed by atoms with van der Waals surface area (Å²) in [4.78, 5) is 5.03. The van der Waals surface area contributed by atoms with Gasteiger partial charge in [-0.1, -0.05) is 6.92 Å². The number of nitrogens with zero attached hydrogens (tertiary/aromatic N) is 2. The summed E-state index contributed by atoms with van der Waals surface area (Å²) in [6.07, 6.45) is 2.18. The zero-order chi connectivity index (χ0) is 14.5. The molecule has 3 atom stereocenters. The molecular formula is C15H33N3O. The Morgan fingerprint density at radius 3 is 2.32 bits per heavy atom. The third-order valence-electron chi connectivity index (χ3n) is 4.59. The van der Waals surface area contributed by atoms with Gasteiger partial charge in [0.05, 0.1) is 6.61 Å². The molecular weight excluding hydrogens is 238 g/mol. The maximum atomic E-state index is 9.49. The average Bonchev–Trinajstić information content (AvgIpc) is 2.36. The average molecular weight is 271 g/mol. The van der Waals surface area contributed by atoms with Crippen LogP contribution in [0.5, 0.6) is 0 Å². The molecule has 4 heteroatoms. The molecule has 1 aliphatic heterocycles. The third kappa shape index (κ3) is 5.03. The van der Waals surface area contributed by atoms with Crippen LogP contribution in [0.15, 0.2) is 0 Å². The molecule has 0 radical (unpaired) electrons. The van der Waals surface area contributed by atoms with E-state index in [-0.39, 0.29) is 12.1 Å². The molecule has 0 aliphatic carbocycles. The molecule has 3 unspecified atom stereocenters. The molecule has 4 nitrogen and oxygen atoms in total. The van der Waals surface area contributed by atoms with Crippen molar-refractivity contribution in [3.63, 3.8) is 0 Å². The quantitative estimate of drug-likeness (QED) is 0.729. The van der Waals surface area contributed by atoms with Crippen molar-refractivity contribution in [1.29, 1.82) is 0 Å². The van der Waals surface area contributed by atoms with Gasteiger partial charge in [-0.3, -0.25) is 4.90 Å². The summed E-state index contributed by atoms with van der Waals surface area (Å²) < 4.78 is 0. The zero-order valence-electron chi connectivity index (χ0n) is 13.4. The Hall–Kier alpha value is -0.160. The van der Waals surface area contributed by atoms with Crippen LogP contribution in [-0.2, 0) is 0 Å². The molecule has 0 spiro atoms. The van der Waals surface area contributed by atoms with E-state index in [9.17, 15) is 5.11 Å². The monoisotopic (exact) mass is 271 g/mol. The highest BCUT2D eigenvalue weighted by Crippen LogP contribution is 2.16. The Labute approximate surface area is 119 Å². The lowest BCUT2D eigenvalue weighted by molar-refractivity contribution is 0.0565. The number of rotatable bonds is 7. The van der Waals surface area contributed by atoms with Crippen molar-refractivity contribution in [2.45, 2.75) is 58.2 Å². The molecule has 114 valence electrons. The Morgan fingerprint density at radius 1 is 1.26 bits per heavy atom. The number of nitrogens with one attached hydrogen (secondary N) is 1. The molecule has 0 aromatic rings. The van der Waals surface area contributed by atoms with E-state index in [1.807, 2.05) is 0 Å². The van der Waals surface area contributed by atoms with Gasteiger partial charge in [-0.2, -0.15) is 0 Å². The fourth-order valence-corrected chi connectivity index (χ4v) is 3.04. The first-order valence-corrected chi connectivity index (χ1v) is 7.72. The predicted molar refractivity (Wildman–Crippen MR) is 81.5 cm³/mol. The van der Waals surface area contributed by atoms with E-state index in [0.29, 0.717) is 12.1 Å². The number of piperazine rings is 1. The van der Waals surface area contributed by atoms with Crippen molar-refractivity contribution >= 4 is 0 Å². The van der Waals surface area contributed by atoms with E-state index in [1.54, 1.807) is 0 Å². The summed E-state index contributed by atoms with van der Waals surface area (Å²) >= 11 is 0. The molecule has 0 aromatic heterocycles. The third-order valence-corrected chi connectivity index (χ3v) is 4.59. The Bertz CT molecular complexity index is 250. The second-order valence-electron chi connectivity index (χ2n) is 6.48. The minimum absolute atomic E-state index is 0.113. The highest BCUT2D eigenvalue weighted by Gasteiger charge is 2.27. The van der Waals surface area contributed by atoms with Crippen molar-refractivity contribution in [3.05, 3.63) is 0 Å². The van der Waals surface area contributed by atoms with Gasteiger partial charge < -0.3 is 15.3 Å². The number of aliphatic hydroxyl groups is 1. The van der Waals surface area contributed by atoms with Crippen molar-refractivity contribution < 1.29 is 5.11 Å². The van der Waals surface area contributed by atoms with Gasteiger partial charge in [-0.25, -0.2) is 0 Å². The van der Waals surface area contributed by atoms with E-state index in [4.69, 9.17) is 0 Å². The molecule has 19 heavy (non-hydrogen) atoms. The van der Waals surface area contributed by atoms with Gasteiger partial charge in [0.1, 0.15) is 0 Å². The van der Waals surface area contributed by atoms with Crippen LogP contribution >= 0.6 is 0 Å². The minimum Gasteiger partial charge on any atom is -0.394 e. The van der Waals surface area contributed by atoms with Crippen LogP contribution in [0.25, 0.3) is 0 Å². The normalized spacial score (nSPS) is 29.4. The number of likely N-dealkylation sites (N-methyl/N-ethyl adjacent to an activating group) is 2. The van der Waals surface area contributed by atoms with Gasteiger partial charge in [-0.05, 0) is 53.8 Å². The standard InChI is InChI=1S/C15H33N3O/c1-6-16-15(4,12-19)8-7-9-18-10-13(2)17(5)14(3)11-18/h13-14,16,19H,6-12H2,1-5H3. The van der Waals surface area contributed by atoms with Gasteiger partial charge in [-0.15, -0.1) is 0 Å². The summed E-state index contributed by atoms with van der Waals surface area (Å²) in [7, 11) is 2.22. The van der Waals surface area contributed by atoms with Crippen molar-refractivity contribution in [3.8, 4) is 0 Å². The summed E-state index contributed by atoms with van der Waals surface area (Å²) in [5, 5.41) is 12.9. The van der Waals surface area contributed by atoms with Crippen LogP contribution in [0.1, 0.15) is 40.5 Å².